The molecule has 0 spiro atoms. The molecule has 0 saturated heterocycles. The van der Waals surface area contributed by atoms with Gasteiger partial charge < -0.3 is 4.90 Å². The van der Waals surface area contributed by atoms with Crippen molar-refractivity contribution in [1.82, 2.24) is 0 Å². The SMILES string of the molecule is CN(C)c1ccc(CC2C=CC=C2)cc1. The van der Waals surface area contributed by atoms with E-state index in [0.717, 1.165) is 6.42 Å². The quantitative estimate of drug-likeness (QED) is 0.723. The minimum atomic E-state index is 0.593. The monoisotopic (exact) mass is 199 g/mol. The zero-order valence-electron chi connectivity index (χ0n) is 9.35. The van der Waals surface area contributed by atoms with Crippen molar-refractivity contribution in [2.75, 3.05) is 19.0 Å². The van der Waals surface area contributed by atoms with E-state index in [1.165, 1.54) is 11.3 Å². The third kappa shape index (κ3) is 2.50. The highest BCUT2D eigenvalue weighted by Gasteiger charge is 2.05. The first kappa shape index (κ1) is 10.0. The molecule has 0 fully saturated rings. The molecule has 15 heavy (non-hydrogen) atoms. The van der Waals surface area contributed by atoms with Gasteiger partial charge in [-0.1, -0.05) is 36.4 Å². The van der Waals surface area contributed by atoms with Gasteiger partial charge in [-0.25, -0.2) is 0 Å². The Morgan fingerprint density at radius 1 is 1.00 bits per heavy atom. The number of anilines is 1. The smallest absolute Gasteiger partial charge is 0.0361 e. The molecular weight excluding hydrogens is 182 g/mol. The molecule has 0 saturated carbocycles. The van der Waals surface area contributed by atoms with Gasteiger partial charge in [0.25, 0.3) is 0 Å². The third-order valence-electron chi connectivity index (χ3n) is 2.75. The maximum atomic E-state index is 2.25. The lowest BCUT2D eigenvalue weighted by Crippen LogP contribution is -2.08. The Morgan fingerprint density at radius 2 is 1.60 bits per heavy atom. The average Bonchev–Trinajstić information content (AvgIpc) is 2.71. The number of benzene rings is 1. The standard InChI is InChI=1S/C14H17N/c1-15(2)14-9-7-13(8-10-14)11-12-5-3-4-6-12/h3-10,12H,11H2,1-2H3. The maximum Gasteiger partial charge on any atom is 0.0361 e. The Labute approximate surface area is 91.7 Å². The topological polar surface area (TPSA) is 3.24 Å². The molecule has 1 heteroatoms. The Kier molecular flexibility index (Phi) is 2.91. The molecule has 1 aliphatic rings. The van der Waals surface area contributed by atoms with Gasteiger partial charge in [0, 0.05) is 19.8 Å². The molecule has 2 rings (SSSR count). The summed E-state index contributed by atoms with van der Waals surface area (Å²) in [7, 11) is 4.13. The van der Waals surface area contributed by atoms with E-state index >= 15 is 0 Å². The molecule has 0 aliphatic heterocycles. The first-order chi connectivity index (χ1) is 7.25. The lowest BCUT2D eigenvalue weighted by Gasteiger charge is -2.13. The number of rotatable bonds is 3. The van der Waals surface area contributed by atoms with Crippen LogP contribution in [0.2, 0.25) is 0 Å². The first-order valence-electron chi connectivity index (χ1n) is 5.37. The van der Waals surface area contributed by atoms with E-state index in [2.05, 4.69) is 67.6 Å². The van der Waals surface area contributed by atoms with Crippen LogP contribution in [-0.4, -0.2) is 14.1 Å². The zero-order valence-corrected chi connectivity index (χ0v) is 9.35. The van der Waals surface area contributed by atoms with Crippen molar-refractivity contribution < 1.29 is 0 Å². The summed E-state index contributed by atoms with van der Waals surface area (Å²) in [6, 6.07) is 8.79. The molecule has 1 nitrogen and oxygen atoms in total. The van der Waals surface area contributed by atoms with Crippen molar-refractivity contribution in [3.63, 3.8) is 0 Å². The molecule has 1 aliphatic carbocycles. The molecule has 0 aromatic heterocycles. The van der Waals surface area contributed by atoms with Crippen molar-refractivity contribution in [1.29, 1.82) is 0 Å². The van der Waals surface area contributed by atoms with Crippen LogP contribution >= 0.6 is 0 Å². The van der Waals surface area contributed by atoms with Crippen molar-refractivity contribution >= 4 is 5.69 Å². The molecule has 1 aromatic rings. The van der Waals surface area contributed by atoms with Gasteiger partial charge in [0.1, 0.15) is 0 Å². The second-order valence-electron chi connectivity index (χ2n) is 4.20. The Hall–Kier alpha value is -1.50. The van der Waals surface area contributed by atoms with Gasteiger partial charge in [0.15, 0.2) is 0 Å². The lowest BCUT2D eigenvalue weighted by molar-refractivity contribution is 0.816. The molecule has 0 bridgehead atoms. The summed E-state index contributed by atoms with van der Waals surface area (Å²) >= 11 is 0. The van der Waals surface area contributed by atoms with E-state index in [9.17, 15) is 0 Å². The molecule has 0 atom stereocenters. The van der Waals surface area contributed by atoms with Crippen molar-refractivity contribution in [3.8, 4) is 0 Å². The second-order valence-corrected chi connectivity index (χ2v) is 4.20. The molecule has 0 N–H and O–H groups in total. The summed E-state index contributed by atoms with van der Waals surface area (Å²) in [6.45, 7) is 0. The van der Waals surface area contributed by atoms with Crippen LogP contribution in [0.4, 0.5) is 5.69 Å². The van der Waals surface area contributed by atoms with E-state index in [1.54, 1.807) is 0 Å². The Balaban J connectivity index is 2.03. The second kappa shape index (κ2) is 4.35. The van der Waals surface area contributed by atoms with Gasteiger partial charge >= 0.3 is 0 Å². The largest absolute Gasteiger partial charge is 0.378 e. The van der Waals surface area contributed by atoms with Crippen LogP contribution in [0.3, 0.4) is 0 Å². The van der Waals surface area contributed by atoms with Crippen LogP contribution in [0.5, 0.6) is 0 Å². The van der Waals surface area contributed by atoms with Gasteiger partial charge in [-0.2, -0.15) is 0 Å². The Bertz CT molecular complexity index is 359. The van der Waals surface area contributed by atoms with Gasteiger partial charge in [-0.3, -0.25) is 0 Å². The zero-order chi connectivity index (χ0) is 10.7. The third-order valence-corrected chi connectivity index (χ3v) is 2.75. The van der Waals surface area contributed by atoms with Gasteiger partial charge in [-0.15, -0.1) is 0 Å². The molecule has 1 aromatic carbocycles. The lowest BCUT2D eigenvalue weighted by atomic mass is 10.0. The molecule has 0 unspecified atom stereocenters. The minimum absolute atomic E-state index is 0.593. The summed E-state index contributed by atoms with van der Waals surface area (Å²) in [5, 5.41) is 0. The fourth-order valence-corrected chi connectivity index (χ4v) is 1.82. The summed E-state index contributed by atoms with van der Waals surface area (Å²) < 4.78 is 0. The molecule has 0 radical (unpaired) electrons. The number of hydrogen-bond acceptors (Lipinski definition) is 1. The summed E-state index contributed by atoms with van der Waals surface area (Å²) in [6.07, 6.45) is 9.86. The van der Waals surface area contributed by atoms with Gasteiger partial charge in [-0.05, 0) is 30.0 Å². The minimum Gasteiger partial charge on any atom is -0.378 e. The Morgan fingerprint density at radius 3 is 2.13 bits per heavy atom. The summed E-state index contributed by atoms with van der Waals surface area (Å²) in [4.78, 5) is 2.12. The molecule has 0 heterocycles. The van der Waals surface area contributed by atoms with E-state index in [-0.39, 0.29) is 0 Å². The highest BCUT2D eigenvalue weighted by atomic mass is 15.1. The van der Waals surface area contributed by atoms with E-state index in [0.29, 0.717) is 5.92 Å². The average molecular weight is 199 g/mol. The van der Waals surface area contributed by atoms with Crippen molar-refractivity contribution in [3.05, 3.63) is 54.1 Å². The normalized spacial score (nSPS) is 14.8. The van der Waals surface area contributed by atoms with Crippen LogP contribution < -0.4 is 4.90 Å². The number of hydrogen-bond donors (Lipinski definition) is 0. The number of allylic oxidation sites excluding steroid dienone is 4. The highest BCUT2D eigenvalue weighted by molar-refractivity contribution is 5.46. The molecule has 0 amide bonds. The van der Waals surface area contributed by atoms with E-state index < -0.39 is 0 Å². The first-order valence-corrected chi connectivity index (χ1v) is 5.37. The van der Waals surface area contributed by atoms with Crippen LogP contribution in [0.15, 0.2) is 48.6 Å². The van der Waals surface area contributed by atoms with Crippen LogP contribution in [0, 0.1) is 5.92 Å². The van der Waals surface area contributed by atoms with E-state index in [4.69, 9.17) is 0 Å². The number of nitrogens with zero attached hydrogens (tertiary/aromatic N) is 1. The van der Waals surface area contributed by atoms with Crippen molar-refractivity contribution in [2.45, 2.75) is 6.42 Å². The van der Waals surface area contributed by atoms with Crippen molar-refractivity contribution in [2.24, 2.45) is 5.92 Å². The van der Waals surface area contributed by atoms with Crippen LogP contribution in [0.25, 0.3) is 0 Å². The fraction of sp³-hybridized carbons (Fsp3) is 0.286. The van der Waals surface area contributed by atoms with Gasteiger partial charge in [0.2, 0.25) is 0 Å². The van der Waals surface area contributed by atoms with Crippen LogP contribution in [0.1, 0.15) is 5.56 Å². The van der Waals surface area contributed by atoms with Crippen LogP contribution in [-0.2, 0) is 6.42 Å². The fourth-order valence-electron chi connectivity index (χ4n) is 1.82. The van der Waals surface area contributed by atoms with Gasteiger partial charge in [0.05, 0.1) is 0 Å². The summed E-state index contributed by atoms with van der Waals surface area (Å²) in [5.41, 5.74) is 2.66. The highest BCUT2D eigenvalue weighted by Crippen LogP contribution is 2.18. The molecule has 78 valence electrons. The predicted molar refractivity (Wildman–Crippen MR) is 66.2 cm³/mol. The maximum absolute atomic E-state index is 2.25. The predicted octanol–water partition coefficient (Wildman–Crippen LogP) is 3.04. The molecular formula is C14H17N. The summed E-state index contributed by atoms with van der Waals surface area (Å²) in [5.74, 6) is 0.593. The van der Waals surface area contributed by atoms with E-state index in [1.807, 2.05) is 0 Å².